The first-order chi connectivity index (χ1) is 11.5. The summed E-state index contributed by atoms with van der Waals surface area (Å²) in [4.78, 5) is 24.5. The van der Waals surface area contributed by atoms with Crippen LogP contribution in [0, 0.1) is 0 Å². The average molecular weight is 337 g/mol. The van der Waals surface area contributed by atoms with E-state index in [1.807, 2.05) is 12.4 Å². The molecule has 1 N–H and O–H groups in total. The van der Waals surface area contributed by atoms with E-state index in [1.165, 1.54) is 0 Å². The SMILES string of the molecule is CNc1ncc(CN2CCO[C@@](COC)(CC(=O)N(C)C)C2)cn1. The first kappa shape index (κ1) is 18.6. The highest BCUT2D eigenvalue weighted by Gasteiger charge is 2.39. The molecular weight excluding hydrogens is 310 g/mol. The summed E-state index contributed by atoms with van der Waals surface area (Å²) in [5, 5.41) is 2.91. The number of anilines is 1. The standard InChI is InChI=1S/C16H27N5O3/c1-17-15-18-8-13(9-19-15)10-21-5-6-24-16(11-21,12-23-4)7-14(22)20(2)3/h8-9H,5-7,10-12H2,1-4H3,(H,17,18,19)/t16-/m0/s1. The van der Waals surface area contributed by atoms with E-state index in [4.69, 9.17) is 9.47 Å². The molecule has 1 saturated heterocycles. The monoisotopic (exact) mass is 337 g/mol. The molecule has 0 aliphatic carbocycles. The van der Waals surface area contributed by atoms with Crippen LogP contribution in [0.15, 0.2) is 12.4 Å². The number of hydrogen-bond donors (Lipinski definition) is 1. The molecule has 1 aromatic heterocycles. The Bertz CT molecular complexity index is 533. The van der Waals surface area contributed by atoms with Crippen LogP contribution < -0.4 is 5.32 Å². The normalized spacial score (nSPS) is 21.5. The Balaban J connectivity index is 2.04. The third kappa shape index (κ3) is 4.86. The lowest BCUT2D eigenvalue weighted by molar-refractivity contribution is -0.160. The molecule has 0 radical (unpaired) electrons. The Hall–Kier alpha value is -1.77. The number of nitrogens with one attached hydrogen (secondary N) is 1. The van der Waals surface area contributed by atoms with Gasteiger partial charge in [-0.15, -0.1) is 0 Å². The van der Waals surface area contributed by atoms with Crippen molar-refractivity contribution in [2.75, 3.05) is 59.9 Å². The molecule has 8 heteroatoms. The second-order valence-electron chi connectivity index (χ2n) is 6.31. The Morgan fingerprint density at radius 2 is 2.17 bits per heavy atom. The van der Waals surface area contributed by atoms with Gasteiger partial charge in [-0.3, -0.25) is 9.69 Å². The van der Waals surface area contributed by atoms with Gasteiger partial charge in [0, 0.05) is 65.8 Å². The molecule has 8 nitrogen and oxygen atoms in total. The van der Waals surface area contributed by atoms with Crippen LogP contribution in [0.5, 0.6) is 0 Å². The fraction of sp³-hybridized carbons (Fsp3) is 0.688. The summed E-state index contributed by atoms with van der Waals surface area (Å²) in [6.07, 6.45) is 3.94. The van der Waals surface area contributed by atoms with Crippen LogP contribution in [0.3, 0.4) is 0 Å². The number of ether oxygens (including phenoxy) is 2. The van der Waals surface area contributed by atoms with Crippen molar-refractivity contribution in [1.29, 1.82) is 0 Å². The molecular formula is C16H27N5O3. The maximum Gasteiger partial charge on any atom is 0.225 e. The van der Waals surface area contributed by atoms with Crippen molar-refractivity contribution < 1.29 is 14.3 Å². The largest absolute Gasteiger partial charge is 0.382 e. The van der Waals surface area contributed by atoms with Crippen LogP contribution in [0.4, 0.5) is 5.95 Å². The predicted octanol–water partition coefficient (Wildman–Crippen LogP) is 0.214. The Kier molecular flexibility index (Phi) is 6.47. The van der Waals surface area contributed by atoms with Gasteiger partial charge in [0.2, 0.25) is 11.9 Å². The van der Waals surface area contributed by atoms with E-state index in [-0.39, 0.29) is 5.91 Å². The Morgan fingerprint density at radius 1 is 1.46 bits per heavy atom. The van der Waals surface area contributed by atoms with Crippen LogP contribution >= 0.6 is 0 Å². The third-order valence-corrected chi connectivity index (χ3v) is 4.04. The number of hydrogen-bond acceptors (Lipinski definition) is 7. The van der Waals surface area contributed by atoms with Crippen molar-refractivity contribution in [1.82, 2.24) is 19.8 Å². The lowest BCUT2D eigenvalue weighted by Gasteiger charge is -2.42. The number of nitrogens with zero attached hydrogens (tertiary/aromatic N) is 4. The van der Waals surface area contributed by atoms with Gasteiger partial charge in [-0.25, -0.2) is 9.97 Å². The van der Waals surface area contributed by atoms with Crippen molar-refractivity contribution in [2.45, 2.75) is 18.6 Å². The van der Waals surface area contributed by atoms with Crippen LogP contribution in [-0.2, 0) is 20.8 Å². The summed E-state index contributed by atoms with van der Waals surface area (Å²) in [5.74, 6) is 0.640. The lowest BCUT2D eigenvalue weighted by atomic mass is 9.97. The van der Waals surface area contributed by atoms with Crippen molar-refractivity contribution in [3.63, 3.8) is 0 Å². The molecule has 1 aromatic rings. The van der Waals surface area contributed by atoms with E-state index in [1.54, 1.807) is 33.2 Å². The molecule has 1 amide bonds. The van der Waals surface area contributed by atoms with Gasteiger partial charge >= 0.3 is 0 Å². The number of carbonyl (C=O) groups excluding carboxylic acids is 1. The van der Waals surface area contributed by atoms with Crippen molar-refractivity contribution >= 4 is 11.9 Å². The molecule has 1 aliphatic heterocycles. The van der Waals surface area contributed by atoms with Gasteiger partial charge in [0.1, 0.15) is 5.60 Å². The van der Waals surface area contributed by atoms with E-state index in [0.29, 0.717) is 32.1 Å². The van der Waals surface area contributed by atoms with Crippen LogP contribution in [0.1, 0.15) is 12.0 Å². The van der Waals surface area contributed by atoms with E-state index >= 15 is 0 Å². The highest BCUT2D eigenvalue weighted by atomic mass is 16.5. The molecule has 24 heavy (non-hydrogen) atoms. The lowest BCUT2D eigenvalue weighted by Crippen LogP contribution is -2.55. The summed E-state index contributed by atoms with van der Waals surface area (Å²) in [7, 11) is 6.93. The van der Waals surface area contributed by atoms with Crippen molar-refractivity contribution in [3.8, 4) is 0 Å². The van der Waals surface area contributed by atoms with Gasteiger partial charge in [-0.2, -0.15) is 0 Å². The van der Waals surface area contributed by atoms with E-state index in [2.05, 4.69) is 20.2 Å². The molecule has 1 fully saturated rings. The van der Waals surface area contributed by atoms with E-state index in [9.17, 15) is 4.79 Å². The molecule has 0 unspecified atom stereocenters. The summed E-state index contributed by atoms with van der Waals surface area (Å²) in [6, 6.07) is 0. The zero-order valence-electron chi connectivity index (χ0n) is 14.9. The first-order valence-electron chi connectivity index (χ1n) is 8.02. The van der Waals surface area contributed by atoms with Gasteiger partial charge in [0.25, 0.3) is 0 Å². The van der Waals surface area contributed by atoms with Crippen molar-refractivity contribution in [3.05, 3.63) is 18.0 Å². The number of aromatic nitrogens is 2. The number of morpholine rings is 1. The van der Waals surface area contributed by atoms with Gasteiger partial charge in [0.15, 0.2) is 0 Å². The first-order valence-corrected chi connectivity index (χ1v) is 8.02. The molecule has 2 heterocycles. The van der Waals surface area contributed by atoms with Gasteiger partial charge in [-0.05, 0) is 0 Å². The Morgan fingerprint density at radius 3 is 2.75 bits per heavy atom. The van der Waals surface area contributed by atoms with Gasteiger partial charge < -0.3 is 19.7 Å². The van der Waals surface area contributed by atoms with Crippen LogP contribution in [-0.4, -0.2) is 85.8 Å². The van der Waals surface area contributed by atoms with Crippen molar-refractivity contribution in [2.24, 2.45) is 0 Å². The highest BCUT2D eigenvalue weighted by Crippen LogP contribution is 2.24. The molecule has 0 bridgehead atoms. The fourth-order valence-corrected chi connectivity index (χ4v) is 2.82. The zero-order valence-corrected chi connectivity index (χ0v) is 14.9. The molecule has 134 valence electrons. The van der Waals surface area contributed by atoms with E-state index in [0.717, 1.165) is 18.7 Å². The predicted molar refractivity (Wildman–Crippen MR) is 90.7 cm³/mol. The average Bonchev–Trinajstić information content (AvgIpc) is 2.56. The number of rotatable bonds is 7. The Labute approximate surface area is 143 Å². The maximum atomic E-state index is 12.2. The fourth-order valence-electron chi connectivity index (χ4n) is 2.82. The molecule has 0 saturated carbocycles. The minimum Gasteiger partial charge on any atom is -0.382 e. The second-order valence-corrected chi connectivity index (χ2v) is 6.31. The zero-order chi connectivity index (χ0) is 17.6. The highest BCUT2D eigenvalue weighted by molar-refractivity contribution is 5.76. The van der Waals surface area contributed by atoms with Crippen LogP contribution in [0.25, 0.3) is 0 Å². The molecule has 0 aromatic carbocycles. The van der Waals surface area contributed by atoms with E-state index < -0.39 is 5.60 Å². The minimum atomic E-state index is -0.611. The summed E-state index contributed by atoms with van der Waals surface area (Å²) in [5.41, 5.74) is 0.418. The van der Waals surface area contributed by atoms with Crippen LogP contribution in [0.2, 0.25) is 0 Å². The number of methoxy groups -OCH3 is 1. The topological polar surface area (TPSA) is 79.8 Å². The third-order valence-electron chi connectivity index (χ3n) is 4.04. The number of amides is 1. The minimum absolute atomic E-state index is 0.0376. The van der Waals surface area contributed by atoms with Gasteiger partial charge in [-0.1, -0.05) is 0 Å². The smallest absolute Gasteiger partial charge is 0.225 e. The second kappa shape index (κ2) is 8.36. The molecule has 1 atom stereocenters. The van der Waals surface area contributed by atoms with Gasteiger partial charge in [0.05, 0.1) is 19.6 Å². The summed E-state index contributed by atoms with van der Waals surface area (Å²) >= 11 is 0. The maximum absolute atomic E-state index is 12.2. The summed E-state index contributed by atoms with van der Waals surface area (Å²) < 4.78 is 11.3. The molecule has 2 rings (SSSR count). The number of carbonyl (C=O) groups is 1. The molecule has 0 spiro atoms. The quantitative estimate of drug-likeness (QED) is 0.762. The molecule has 1 aliphatic rings. The summed E-state index contributed by atoms with van der Waals surface area (Å²) in [6.45, 7) is 3.11.